The molecule has 22 heavy (non-hydrogen) atoms. The van der Waals surface area contributed by atoms with Crippen molar-refractivity contribution in [2.45, 2.75) is 44.8 Å². The van der Waals surface area contributed by atoms with Gasteiger partial charge >= 0.3 is 0 Å². The van der Waals surface area contributed by atoms with Crippen molar-refractivity contribution in [3.05, 3.63) is 18.0 Å². The SMILES string of the molecule is CCn1cc(CCN2CCCC(O)(CC(=O)N(C)C)C2)cn1. The Balaban J connectivity index is 1.85. The lowest BCUT2D eigenvalue weighted by Crippen LogP contribution is -2.50. The second kappa shape index (κ2) is 7.24. The molecule has 0 saturated carbocycles. The van der Waals surface area contributed by atoms with E-state index < -0.39 is 5.60 Å². The Morgan fingerprint density at radius 3 is 2.91 bits per heavy atom. The van der Waals surface area contributed by atoms with Crippen LogP contribution in [0.1, 0.15) is 31.7 Å². The third-order valence-corrected chi connectivity index (χ3v) is 4.34. The molecule has 1 N–H and O–H groups in total. The van der Waals surface area contributed by atoms with Gasteiger partial charge in [-0.15, -0.1) is 0 Å². The Kier molecular flexibility index (Phi) is 5.58. The topological polar surface area (TPSA) is 61.6 Å². The van der Waals surface area contributed by atoms with Crippen LogP contribution in [0.3, 0.4) is 0 Å². The molecule has 1 amide bonds. The summed E-state index contributed by atoms with van der Waals surface area (Å²) in [6, 6.07) is 0. The average molecular weight is 308 g/mol. The van der Waals surface area contributed by atoms with Gasteiger partial charge in [0.05, 0.1) is 18.2 Å². The molecule has 6 nitrogen and oxygen atoms in total. The minimum Gasteiger partial charge on any atom is -0.388 e. The van der Waals surface area contributed by atoms with E-state index >= 15 is 0 Å². The normalized spacial score (nSPS) is 22.7. The monoisotopic (exact) mass is 308 g/mol. The van der Waals surface area contributed by atoms with E-state index in [4.69, 9.17) is 0 Å². The van der Waals surface area contributed by atoms with Crippen LogP contribution in [0.5, 0.6) is 0 Å². The number of rotatable bonds is 6. The van der Waals surface area contributed by atoms with E-state index in [-0.39, 0.29) is 12.3 Å². The highest BCUT2D eigenvalue weighted by Crippen LogP contribution is 2.25. The number of aryl methyl sites for hydroxylation is 1. The summed E-state index contributed by atoms with van der Waals surface area (Å²) in [5.41, 5.74) is 0.341. The quantitative estimate of drug-likeness (QED) is 0.842. The number of hydrogen-bond donors (Lipinski definition) is 1. The molecule has 0 bridgehead atoms. The second-order valence-electron chi connectivity index (χ2n) is 6.52. The molecular weight excluding hydrogens is 280 g/mol. The van der Waals surface area contributed by atoms with E-state index in [0.29, 0.717) is 13.0 Å². The van der Waals surface area contributed by atoms with Gasteiger partial charge in [0.25, 0.3) is 0 Å². The maximum atomic E-state index is 11.9. The Bertz CT molecular complexity index is 500. The molecule has 1 fully saturated rings. The first-order valence-corrected chi connectivity index (χ1v) is 8.08. The Morgan fingerprint density at radius 1 is 1.50 bits per heavy atom. The zero-order valence-electron chi connectivity index (χ0n) is 14.0. The molecule has 1 aromatic rings. The minimum atomic E-state index is -0.882. The summed E-state index contributed by atoms with van der Waals surface area (Å²) in [5, 5.41) is 15.0. The van der Waals surface area contributed by atoms with Gasteiger partial charge < -0.3 is 14.9 Å². The van der Waals surface area contributed by atoms with E-state index in [2.05, 4.69) is 23.1 Å². The fourth-order valence-corrected chi connectivity index (χ4v) is 2.98. The van der Waals surface area contributed by atoms with Crippen molar-refractivity contribution >= 4 is 5.91 Å². The summed E-state index contributed by atoms with van der Waals surface area (Å²) in [6.45, 7) is 5.42. The van der Waals surface area contributed by atoms with Gasteiger partial charge in [0, 0.05) is 39.9 Å². The van der Waals surface area contributed by atoms with E-state index in [9.17, 15) is 9.90 Å². The summed E-state index contributed by atoms with van der Waals surface area (Å²) in [4.78, 5) is 15.7. The molecule has 1 saturated heterocycles. The van der Waals surface area contributed by atoms with Crippen LogP contribution >= 0.6 is 0 Å². The molecular formula is C16H28N4O2. The van der Waals surface area contributed by atoms with Gasteiger partial charge in [0.2, 0.25) is 5.91 Å². The number of carbonyl (C=O) groups is 1. The van der Waals surface area contributed by atoms with Gasteiger partial charge in [-0.25, -0.2) is 0 Å². The van der Waals surface area contributed by atoms with E-state index in [0.717, 1.165) is 32.5 Å². The molecule has 0 radical (unpaired) electrons. The van der Waals surface area contributed by atoms with Gasteiger partial charge in [0.15, 0.2) is 0 Å². The highest BCUT2D eigenvalue weighted by molar-refractivity contribution is 5.76. The molecule has 1 atom stereocenters. The van der Waals surface area contributed by atoms with Gasteiger partial charge in [-0.05, 0) is 38.3 Å². The molecule has 2 rings (SSSR count). The van der Waals surface area contributed by atoms with Crippen molar-refractivity contribution in [3.63, 3.8) is 0 Å². The Hall–Kier alpha value is -1.40. The van der Waals surface area contributed by atoms with Crippen molar-refractivity contribution in [2.24, 2.45) is 0 Å². The number of aliphatic hydroxyl groups is 1. The van der Waals surface area contributed by atoms with Crippen LogP contribution in [0, 0.1) is 0 Å². The molecule has 6 heteroatoms. The number of nitrogens with zero attached hydrogens (tertiary/aromatic N) is 4. The van der Waals surface area contributed by atoms with E-state index in [1.165, 1.54) is 5.56 Å². The van der Waals surface area contributed by atoms with Gasteiger partial charge in [-0.3, -0.25) is 9.48 Å². The standard InChI is InChI=1S/C16H28N4O2/c1-4-20-12-14(11-17-20)6-9-19-8-5-7-16(22,13-19)10-15(21)18(2)3/h11-12,22H,4-10,13H2,1-3H3. The Morgan fingerprint density at radius 2 is 2.27 bits per heavy atom. The predicted molar refractivity (Wildman–Crippen MR) is 85.5 cm³/mol. The van der Waals surface area contributed by atoms with Crippen LogP contribution in [0.2, 0.25) is 0 Å². The van der Waals surface area contributed by atoms with Crippen LogP contribution in [0.25, 0.3) is 0 Å². The third kappa shape index (κ3) is 4.55. The highest BCUT2D eigenvalue weighted by Gasteiger charge is 2.35. The molecule has 1 aliphatic heterocycles. The lowest BCUT2D eigenvalue weighted by Gasteiger charge is -2.39. The number of β-amino-alcohol motifs (C(OH)–C–C–N with tert-alkyl or cyclic N) is 1. The maximum absolute atomic E-state index is 11.9. The van der Waals surface area contributed by atoms with Crippen molar-refractivity contribution in [1.29, 1.82) is 0 Å². The summed E-state index contributed by atoms with van der Waals surface area (Å²) in [6.07, 6.45) is 6.77. The van der Waals surface area contributed by atoms with Crippen LogP contribution in [0.4, 0.5) is 0 Å². The largest absolute Gasteiger partial charge is 0.388 e. The van der Waals surface area contributed by atoms with Crippen molar-refractivity contribution < 1.29 is 9.90 Å². The molecule has 0 spiro atoms. The van der Waals surface area contributed by atoms with Crippen LogP contribution in [0.15, 0.2) is 12.4 Å². The zero-order valence-corrected chi connectivity index (χ0v) is 14.0. The molecule has 124 valence electrons. The zero-order chi connectivity index (χ0) is 16.2. The van der Waals surface area contributed by atoms with Gasteiger partial charge in [0.1, 0.15) is 0 Å². The fourth-order valence-electron chi connectivity index (χ4n) is 2.98. The lowest BCUT2D eigenvalue weighted by atomic mass is 9.89. The molecule has 1 unspecified atom stereocenters. The maximum Gasteiger partial charge on any atom is 0.224 e. The number of hydrogen-bond acceptors (Lipinski definition) is 4. The van der Waals surface area contributed by atoms with Gasteiger partial charge in [-0.1, -0.05) is 0 Å². The highest BCUT2D eigenvalue weighted by atomic mass is 16.3. The van der Waals surface area contributed by atoms with Crippen LogP contribution < -0.4 is 0 Å². The number of carbonyl (C=O) groups excluding carboxylic acids is 1. The summed E-state index contributed by atoms with van der Waals surface area (Å²) < 4.78 is 1.93. The van der Waals surface area contributed by atoms with E-state index in [1.807, 2.05) is 10.9 Å². The number of piperidine rings is 1. The number of aromatic nitrogens is 2. The third-order valence-electron chi connectivity index (χ3n) is 4.34. The summed E-state index contributed by atoms with van der Waals surface area (Å²) in [7, 11) is 3.47. The van der Waals surface area contributed by atoms with Crippen molar-refractivity contribution in [3.8, 4) is 0 Å². The molecule has 1 aliphatic rings. The summed E-state index contributed by atoms with van der Waals surface area (Å²) in [5.74, 6) is -0.00595. The minimum absolute atomic E-state index is 0.00595. The van der Waals surface area contributed by atoms with Crippen molar-refractivity contribution in [1.82, 2.24) is 19.6 Å². The molecule has 2 heterocycles. The first-order chi connectivity index (χ1) is 10.4. The van der Waals surface area contributed by atoms with Crippen LogP contribution in [-0.4, -0.2) is 69.9 Å². The first-order valence-electron chi connectivity index (χ1n) is 8.08. The smallest absolute Gasteiger partial charge is 0.224 e. The summed E-state index contributed by atoms with van der Waals surface area (Å²) >= 11 is 0. The predicted octanol–water partition coefficient (Wildman–Crippen LogP) is 0.751. The average Bonchev–Trinajstić information content (AvgIpc) is 2.92. The molecule has 0 aromatic carbocycles. The second-order valence-corrected chi connectivity index (χ2v) is 6.52. The fraction of sp³-hybridized carbons (Fsp3) is 0.750. The molecule has 0 aliphatic carbocycles. The van der Waals surface area contributed by atoms with E-state index in [1.54, 1.807) is 19.0 Å². The first kappa shape index (κ1) is 17.0. The van der Waals surface area contributed by atoms with Gasteiger partial charge in [-0.2, -0.15) is 5.10 Å². The Labute approximate surface area is 132 Å². The molecule has 1 aromatic heterocycles. The number of amides is 1. The van der Waals surface area contributed by atoms with Crippen LogP contribution in [-0.2, 0) is 17.8 Å². The van der Waals surface area contributed by atoms with Crippen molar-refractivity contribution in [2.75, 3.05) is 33.7 Å². The lowest BCUT2D eigenvalue weighted by molar-refractivity contribution is -0.136. The number of likely N-dealkylation sites (tertiary alicyclic amines) is 1.